The van der Waals surface area contributed by atoms with Crippen molar-refractivity contribution in [3.63, 3.8) is 0 Å². The van der Waals surface area contributed by atoms with Crippen molar-refractivity contribution in [2.45, 2.75) is 33.3 Å². The van der Waals surface area contributed by atoms with Gasteiger partial charge in [-0.3, -0.25) is 9.79 Å². The first-order valence-electron chi connectivity index (χ1n) is 8.61. The number of amides is 1. The van der Waals surface area contributed by atoms with Gasteiger partial charge in [-0.05, 0) is 18.6 Å². The molecule has 3 N–H and O–H groups in total. The molecule has 0 radical (unpaired) electrons. The number of carbonyl (C=O) groups is 1. The quantitative estimate of drug-likeness (QED) is 0.361. The highest BCUT2D eigenvalue weighted by atomic mass is 19.1. The van der Waals surface area contributed by atoms with Gasteiger partial charge in [0, 0.05) is 26.1 Å². The maximum Gasteiger partial charge on any atom is 0.222 e. The lowest BCUT2D eigenvalue weighted by molar-refractivity contribution is -0.123. The molecule has 25 heavy (non-hydrogen) atoms. The molecule has 6 nitrogen and oxygen atoms in total. The van der Waals surface area contributed by atoms with Crippen LogP contribution in [0.25, 0.3) is 0 Å². The molecule has 0 heterocycles. The Kier molecular flexibility index (Phi) is 9.36. The highest BCUT2D eigenvalue weighted by molar-refractivity contribution is 5.80. The first kappa shape index (κ1) is 20.7. The first-order valence-corrected chi connectivity index (χ1v) is 8.61. The highest BCUT2D eigenvalue weighted by Crippen LogP contribution is 2.17. The minimum Gasteiger partial charge on any atom is -0.486 e. The van der Waals surface area contributed by atoms with Crippen molar-refractivity contribution < 1.29 is 13.9 Å². The van der Waals surface area contributed by atoms with Crippen molar-refractivity contribution in [3.05, 3.63) is 30.1 Å². The van der Waals surface area contributed by atoms with Gasteiger partial charge in [-0.1, -0.05) is 32.9 Å². The molecular weight excluding hydrogens is 323 g/mol. The van der Waals surface area contributed by atoms with Crippen LogP contribution in [0.5, 0.6) is 5.75 Å². The maximum atomic E-state index is 13.7. The summed E-state index contributed by atoms with van der Waals surface area (Å²) in [4.78, 5) is 15.6. The fourth-order valence-electron chi connectivity index (χ4n) is 1.99. The topological polar surface area (TPSA) is 74.8 Å². The van der Waals surface area contributed by atoms with Crippen LogP contribution in [0.3, 0.4) is 0 Å². The van der Waals surface area contributed by atoms with Crippen molar-refractivity contribution in [3.8, 4) is 5.75 Å². The van der Waals surface area contributed by atoms with Gasteiger partial charge >= 0.3 is 0 Å². The zero-order valence-electron chi connectivity index (χ0n) is 15.4. The summed E-state index contributed by atoms with van der Waals surface area (Å²) in [5, 5.41) is 9.09. The van der Waals surface area contributed by atoms with Crippen molar-refractivity contribution in [1.29, 1.82) is 0 Å². The van der Waals surface area contributed by atoms with Gasteiger partial charge in [0.25, 0.3) is 0 Å². The van der Waals surface area contributed by atoms with Gasteiger partial charge in [0.05, 0.1) is 6.54 Å². The molecular formula is C18H29FN4O2. The van der Waals surface area contributed by atoms with E-state index < -0.39 is 0 Å². The normalized spacial score (nSPS) is 12.6. The van der Waals surface area contributed by atoms with Crippen LogP contribution in [-0.2, 0) is 4.79 Å². The number of para-hydroxylation sites is 1. The molecule has 0 aliphatic rings. The van der Waals surface area contributed by atoms with Gasteiger partial charge in [0.1, 0.15) is 6.10 Å². The van der Waals surface area contributed by atoms with Crippen LogP contribution >= 0.6 is 0 Å². The third-order valence-electron chi connectivity index (χ3n) is 3.55. The smallest absolute Gasteiger partial charge is 0.222 e. The molecule has 0 spiro atoms. The number of guanidine groups is 1. The van der Waals surface area contributed by atoms with Crippen LogP contribution in [0.4, 0.5) is 4.39 Å². The molecule has 1 unspecified atom stereocenters. The minimum atomic E-state index is -0.371. The van der Waals surface area contributed by atoms with E-state index in [4.69, 9.17) is 4.74 Å². The van der Waals surface area contributed by atoms with Crippen LogP contribution in [0.1, 0.15) is 27.2 Å². The summed E-state index contributed by atoms with van der Waals surface area (Å²) >= 11 is 0. The van der Waals surface area contributed by atoms with E-state index in [1.807, 2.05) is 20.8 Å². The third-order valence-corrected chi connectivity index (χ3v) is 3.55. The van der Waals surface area contributed by atoms with E-state index in [2.05, 4.69) is 20.9 Å². The number of carbonyl (C=O) groups excluding carboxylic acids is 1. The molecule has 1 aromatic rings. The number of nitrogens with one attached hydrogen (secondary N) is 3. The van der Waals surface area contributed by atoms with Gasteiger partial charge in [-0.2, -0.15) is 0 Å². The maximum absolute atomic E-state index is 13.7. The Balaban J connectivity index is 2.37. The molecule has 140 valence electrons. The second-order valence-electron chi connectivity index (χ2n) is 5.90. The number of hydrogen-bond donors (Lipinski definition) is 3. The summed E-state index contributed by atoms with van der Waals surface area (Å²) in [6, 6.07) is 6.36. The average Bonchev–Trinajstić information content (AvgIpc) is 2.61. The molecule has 0 bridgehead atoms. The molecule has 7 heteroatoms. The minimum absolute atomic E-state index is 0.0223. The van der Waals surface area contributed by atoms with Crippen LogP contribution in [0.15, 0.2) is 29.3 Å². The van der Waals surface area contributed by atoms with Crippen molar-refractivity contribution >= 4 is 11.9 Å². The number of nitrogens with zero attached hydrogens (tertiary/aromatic N) is 1. The van der Waals surface area contributed by atoms with Crippen molar-refractivity contribution in [1.82, 2.24) is 16.0 Å². The molecule has 0 aromatic heterocycles. The fraction of sp³-hybridized carbons (Fsp3) is 0.556. The molecule has 1 atom stereocenters. The fourth-order valence-corrected chi connectivity index (χ4v) is 1.99. The highest BCUT2D eigenvalue weighted by Gasteiger charge is 2.12. The standard InChI is InChI=1S/C18H29FN4O2/c1-5-14(25-16-9-7-6-8-15(16)19)12-23-18(20-4)22-11-10-21-17(24)13(2)3/h6-9,13-14H,5,10-12H2,1-4H3,(H,21,24)(H2,20,22,23). The summed E-state index contributed by atoms with van der Waals surface area (Å²) in [5.41, 5.74) is 0. The zero-order valence-corrected chi connectivity index (χ0v) is 15.4. The molecule has 0 saturated carbocycles. The molecule has 1 amide bonds. The number of benzene rings is 1. The van der Waals surface area contributed by atoms with E-state index in [0.717, 1.165) is 6.42 Å². The van der Waals surface area contributed by atoms with E-state index in [1.165, 1.54) is 6.07 Å². The summed E-state index contributed by atoms with van der Waals surface area (Å²) in [5.74, 6) is 0.474. The van der Waals surface area contributed by atoms with Crippen molar-refractivity contribution in [2.24, 2.45) is 10.9 Å². The van der Waals surface area contributed by atoms with E-state index in [-0.39, 0.29) is 29.5 Å². The van der Waals surface area contributed by atoms with Crippen LogP contribution in [-0.4, -0.2) is 44.7 Å². The number of halogens is 1. The van der Waals surface area contributed by atoms with Gasteiger partial charge in [0.2, 0.25) is 5.91 Å². The molecule has 0 aliphatic carbocycles. The molecule has 1 rings (SSSR count). The van der Waals surface area contributed by atoms with Gasteiger partial charge in [-0.25, -0.2) is 4.39 Å². The Hall–Kier alpha value is -2.31. The van der Waals surface area contributed by atoms with Gasteiger partial charge in [-0.15, -0.1) is 0 Å². The Morgan fingerprint density at radius 1 is 1.20 bits per heavy atom. The van der Waals surface area contributed by atoms with Crippen LogP contribution in [0, 0.1) is 11.7 Å². The van der Waals surface area contributed by atoms with E-state index >= 15 is 0 Å². The monoisotopic (exact) mass is 352 g/mol. The number of ether oxygens (including phenoxy) is 1. The molecule has 0 saturated heterocycles. The van der Waals surface area contributed by atoms with Gasteiger partial charge < -0.3 is 20.7 Å². The number of aliphatic imine (C=N–C) groups is 1. The summed E-state index contributed by atoms with van der Waals surface area (Å²) < 4.78 is 19.4. The van der Waals surface area contributed by atoms with E-state index in [1.54, 1.807) is 25.2 Å². The Morgan fingerprint density at radius 2 is 1.88 bits per heavy atom. The van der Waals surface area contributed by atoms with Crippen molar-refractivity contribution in [2.75, 3.05) is 26.7 Å². The summed E-state index contributed by atoms with van der Waals surface area (Å²) in [7, 11) is 1.67. The predicted octanol–water partition coefficient (Wildman–Crippen LogP) is 1.92. The number of rotatable bonds is 9. The molecule has 1 aromatic carbocycles. The number of hydrogen-bond acceptors (Lipinski definition) is 3. The first-order chi connectivity index (χ1) is 12.0. The molecule has 0 aliphatic heterocycles. The predicted molar refractivity (Wildman–Crippen MR) is 98.3 cm³/mol. The largest absolute Gasteiger partial charge is 0.486 e. The Morgan fingerprint density at radius 3 is 2.48 bits per heavy atom. The lowest BCUT2D eigenvalue weighted by atomic mass is 10.2. The zero-order chi connectivity index (χ0) is 18.7. The SMILES string of the molecule is CCC(CNC(=NC)NCCNC(=O)C(C)C)Oc1ccccc1F. The second kappa shape index (κ2) is 11.3. The molecule has 0 fully saturated rings. The Bertz CT molecular complexity index is 564. The lowest BCUT2D eigenvalue weighted by Gasteiger charge is -2.20. The average molecular weight is 352 g/mol. The second-order valence-corrected chi connectivity index (χ2v) is 5.90. The van der Waals surface area contributed by atoms with E-state index in [0.29, 0.717) is 25.6 Å². The Labute approximate surface area is 149 Å². The van der Waals surface area contributed by atoms with E-state index in [9.17, 15) is 9.18 Å². The lowest BCUT2D eigenvalue weighted by Crippen LogP contribution is -2.45. The van der Waals surface area contributed by atoms with Crippen LogP contribution in [0.2, 0.25) is 0 Å². The third kappa shape index (κ3) is 7.87. The van der Waals surface area contributed by atoms with Crippen LogP contribution < -0.4 is 20.7 Å². The summed E-state index contributed by atoms with van der Waals surface area (Å²) in [6.07, 6.45) is 0.541. The van der Waals surface area contributed by atoms with Gasteiger partial charge in [0.15, 0.2) is 17.5 Å². The summed E-state index contributed by atoms with van der Waals surface area (Å²) in [6.45, 7) is 7.24.